The second-order valence-corrected chi connectivity index (χ2v) is 3.70. The molecule has 0 heterocycles. The molecule has 0 saturated carbocycles. The Morgan fingerprint density at radius 2 is 2.06 bits per heavy atom. The van der Waals surface area contributed by atoms with Crippen molar-refractivity contribution >= 4 is 17.3 Å². The van der Waals surface area contributed by atoms with Crippen LogP contribution in [0.1, 0.15) is 20.3 Å². The molecule has 4 heteroatoms. The van der Waals surface area contributed by atoms with Crippen LogP contribution in [0.25, 0.3) is 0 Å². The molecular weight excluding hydrogens is 204 g/mol. The first kappa shape index (κ1) is 12.5. The fourth-order valence-electron chi connectivity index (χ4n) is 1.10. The van der Waals surface area contributed by atoms with E-state index in [1.807, 2.05) is 13.8 Å². The monoisotopic (exact) mass is 222 g/mol. The molecule has 1 unspecified atom stereocenters. The second kappa shape index (κ2) is 6.12. The summed E-state index contributed by atoms with van der Waals surface area (Å²) in [5.41, 5.74) is 6.94. The van der Waals surface area contributed by atoms with E-state index in [2.05, 4.69) is 5.32 Å². The Morgan fingerprint density at radius 1 is 1.44 bits per heavy atom. The van der Waals surface area contributed by atoms with Crippen LogP contribution in [0.5, 0.6) is 0 Å². The van der Waals surface area contributed by atoms with E-state index in [0.717, 1.165) is 12.1 Å². The van der Waals surface area contributed by atoms with Gasteiger partial charge in [0.2, 0.25) is 5.91 Å². The fourth-order valence-corrected chi connectivity index (χ4v) is 1.10. The maximum Gasteiger partial charge on any atom is 0.250 e. The summed E-state index contributed by atoms with van der Waals surface area (Å²) in [6.07, 6.45) is 1.01. The summed E-state index contributed by atoms with van der Waals surface area (Å²) >= 11 is 0. The lowest BCUT2D eigenvalue weighted by Crippen LogP contribution is -2.21. The minimum atomic E-state index is -0.148. The van der Waals surface area contributed by atoms with Crippen LogP contribution in [0.3, 0.4) is 0 Å². The number of amides is 1. The Labute approximate surface area is 95.8 Å². The van der Waals surface area contributed by atoms with Crippen LogP contribution in [0.15, 0.2) is 24.3 Å². The van der Waals surface area contributed by atoms with Crippen molar-refractivity contribution < 1.29 is 9.53 Å². The molecule has 0 fully saturated rings. The average molecular weight is 222 g/mol. The van der Waals surface area contributed by atoms with E-state index in [1.54, 1.807) is 24.3 Å². The lowest BCUT2D eigenvalue weighted by atomic mass is 10.3. The summed E-state index contributed by atoms with van der Waals surface area (Å²) in [6.45, 7) is 4.04. The summed E-state index contributed by atoms with van der Waals surface area (Å²) in [7, 11) is 0. The van der Waals surface area contributed by atoms with E-state index in [1.165, 1.54) is 0 Å². The van der Waals surface area contributed by atoms with Gasteiger partial charge in [-0.1, -0.05) is 6.92 Å². The van der Waals surface area contributed by atoms with Gasteiger partial charge in [-0.15, -0.1) is 0 Å². The van der Waals surface area contributed by atoms with Gasteiger partial charge in [0.15, 0.2) is 0 Å². The van der Waals surface area contributed by atoms with Crippen molar-refractivity contribution in [1.29, 1.82) is 0 Å². The Kier molecular flexibility index (Phi) is 4.79. The molecule has 0 aliphatic heterocycles. The van der Waals surface area contributed by atoms with Gasteiger partial charge in [-0.05, 0) is 37.6 Å². The highest BCUT2D eigenvalue weighted by Gasteiger charge is 2.05. The Balaban J connectivity index is 2.37. The van der Waals surface area contributed by atoms with Crippen molar-refractivity contribution in [3.8, 4) is 0 Å². The number of nitrogen functional groups attached to an aromatic ring is 1. The Bertz CT molecular complexity index is 335. The topological polar surface area (TPSA) is 64.3 Å². The number of nitrogens with two attached hydrogens (primary N) is 1. The molecular formula is C12H18N2O2. The number of hydrogen-bond donors (Lipinski definition) is 2. The van der Waals surface area contributed by atoms with Crippen LogP contribution < -0.4 is 11.1 Å². The molecule has 88 valence electrons. The summed E-state index contributed by atoms with van der Waals surface area (Å²) < 4.78 is 5.31. The molecule has 0 aliphatic rings. The van der Waals surface area contributed by atoms with Gasteiger partial charge in [-0.3, -0.25) is 4.79 Å². The number of carbonyl (C=O) groups excluding carboxylic acids is 1. The smallest absolute Gasteiger partial charge is 0.250 e. The third-order valence-corrected chi connectivity index (χ3v) is 2.27. The molecule has 1 aromatic carbocycles. The van der Waals surface area contributed by atoms with Crippen LogP contribution >= 0.6 is 0 Å². The van der Waals surface area contributed by atoms with E-state index < -0.39 is 0 Å². The van der Waals surface area contributed by atoms with Gasteiger partial charge in [0.25, 0.3) is 0 Å². The molecule has 3 N–H and O–H groups in total. The maximum absolute atomic E-state index is 11.5. The van der Waals surface area contributed by atoms with Gasteiger partial charge in [0.05, 0.1) is 6.10 Å². The van der Waals surface area contributed by atoms with Gasteiger partial charge >= 0.3 is 0 Å². The Hall–Kier alpha value is -1.55. The number of benzene rings is 1. The predicted octanol–water partition coefficient (Wildman–Crippen LogP) is 2.02. The summed E-state index contributed by atoms with van der Waals surface area (Å²) in [5, 5.41) is 2.73. The summed E-state index contributed by atoms with van der Waals surface area (Å²) in [5.74, 6) is -0.148. The highest BCUT2D eigenvalue weighted by molar-refractivity contribution is 5.91. The molecule has 0 saturated heterocycles. The second-order valence-electron chi connectivity index (χ2n) is 3.70. The number of carbonyl (C=O) groups is 1. The van der Waals surface area contributed by atoms with E-state index >= 15 is 0 Å². The first-order chi connectivity index (χ1) is 7.61. The highest BCUT2D eigenvalue weighted by atomic mass is 16.5. The van der Waals surface area contributed by atoms with E-state index in [4.69, 9.17) is 10.5 Å². The molecule has 1 atom stereocenters. The minimum Gasteiger partial charge on any atom is -0.399 e. The number of nitrogens with one attached hydrogen (secondary N) is 1. The number of anilines is 2. The quantitative estimate of drug-likeness (QED) is 0.749. The molecule has 1 rings (SSSR count). The van der Waals surface area contributed by atoms with Gasteiger partial charge in [-0.25, -0.2) is 0 Å². The molecule has 1 amide bonds. The molecule has 0 spiro atoms. The first-order valence-electron chi connectivity index (χ1n) is 5.38. The molecule has 4 nitrogen and oxygen atoms in total. The third-order valence-electron chi connectivity index (χ3n) is 2.27. The molecule has 1 aromatic rings. The highest BCUT2D eigenvalue weighted by Crippen LogP contribution is 2.10. The minimum absolute atomic E-state index is 0.0827. The summed E-state index contributed by atoms with van der Waals surface area (Å²) in [6, 6.07) is 7.00. The SMILES string of the molecule is CCC(C)OCC(=O)Nc1ccc(N)cc1. The van der Waals surface area contributed by atoms with Crippen molar-refractivity contribution in [3.05, 3.63) is 24.3 Å². The van der Waals surface area contributed by atoms with Crippen LogP contribution in [0, 0.1) is 0 Å². The number of rotatable bonds is 5. The lowest BCUT2D eigenvalue weighted by molar-refractivity contribution is -0.122. The van der Waals surface area contributed by atoms with Crippen LogP contribution in [0.2, 0.25) is 0 Å². The summed E-state index contributed by atoms with van der Waals surface area (Å²) in [4.78, 5) is 11.5. The predicted molar refractivity (Wildman–Crippen MR) is 65.2 cm³/mol. The normalized spacial score (nSPS) is 12.1. The van der Waals surface area contributed by atoms with Gasteiger partial charge in [0.1, 0.15) is 6.61 Å². The molecule has 0 aliphatic carbocycles. The number of ether oxygens (including phenoxy) is 1. The van der Waals surface area contributed by atoms with E-state index in [-0.39, 0.29) is 18.6 Å². The Morgan fingerprint density at radius 3 is 2.62 bits per heavy atom. The van der Waals surface area contributed by atoms with E-state index in [0.29, 0.717) is 5.69 Å². The van der Waals surface area contributed by atoms with Gasteiger partial charge < -0.3 is 15.8 Å². The zero-order valence-electron chi connectivity index (χ0n) is 9.69. The molecule has 16 heavy (non-hydrogen) atoms. The first-order valence-corrected chi connectivity index (χ1v) is 5.38. The van der Waals surface area contributed by atoms with Gasteiger partial charge in [0, 0.05) is 11.4 Å². The van der Waals surface area contributed by atoms with Crippen molar-refractivity contribution in [2.24, 2.45) is 0 Å². The molecule has 0 aromatic heterocycles. The van der Waals surface area contributed by atoms with E-state index in [9.17, 15) is 4.79 Å². The van der Waals surface area contributed by atoms with Crippen molar-refractivity contribution in [2.45, 2.75) is 26.4 Å². The van der Waals surface area contributed by atoms with Crippen molar-refractivity contribution in [2.75, 3.05) is 17.7 Å². The standard InChI is InChI=1S/C12H18N2O2/c1-3-9(2)16-8-12(15)14-11-6-4-10(13)5-7-11/h4-7,9H,3,8,13H2,1-2H3,(H,14,15). The average Bonchev–Trinajstić information content (AvgIpc) is 2.29. The number of hydrogen-bond acceptors (Lipinski definition) is 3. The molecule has 0 bridgehead atoms. The van der Waals surface area contributed by atoms with Crippen molar-refractivity contribution in [1.82, 2.24) is 0 Å². The van der Waals surface area contributed by atoms with Crippen LogP contribution in [0.4, 0.5) is 11.4 Å². The third kappa shape index (κ3) is 4.31. The van der Waals surface area contributed by atoms with Gasteiger partial charge in [-0.2, -0.15) is 0 Å². The lowest BCUT2D eigenvalue weighted by Gasteiger charge is -2.10. The van der Waals surface area contributed by atoms with Crippen LogP contribution in [-0.4, -0.2) is 18.6 Å². The zero-order valence-corrected chi connectivity index (χ0v) is 9.69. The van der Waals surface area contributed by atoms with Crippen molar-refractivity contribution in [3.63, 3.8) is 0 Å². The van der Waals surface area contributed by atoms with Crippen LogP contribution in [-0.2, 0) is 9.53 Å². The largest absolute Gasteiger partial charge is 0.399 e. The molecule has 0 radical (unpaired) electrons. The zero-order chi connectivity index (χ0) is 12.0. The fraction of sp³-hybridized carbons (Fsp3) is 0.417. The maximum atomic E-state index is 11.5.